The lowest BCUT2D eigenvalue weighted by molar-refractivity contribution is -0.140. The summed E-state index contributed by atoms with van der Waals surface area (Å²) in [6, 6.07) is 15.3. The van der Waals surface area contributed by atoms with E-state index in [1.165, 1.54) is 4.90 Å². The number of hydrogen-bond donors (Lipinski definition) is 1. The Hall–Kier alpha value is -3.38. The molecule has 0 unspecified atom stereocenters. The van der Waals surface area contributed by atoms with E-state index in [1.807, 2.05) is 30.3 Å². The third-order valence-corrected chi connectivity index (χ3v) is 4.90. The van der Waals surface area contributed by atoms with Gasteiger partial charge in [0.25, 0.3) is 11.7 Å². The van der Waals surface area contributed by atoms with Crippen molar-refractivity contribution in [2.24, 2.45) is 0 Å². The quantitative estimate of drug-likeness (QED) is 0.225. The summed E-state index contributed by atoms with van der Waals surface area (Å²) in [5.74, 6) is -0.893. The van der Waals surface area contributed by atoms with Gasteiger partial charge >= 0.3 is 0 Å². The maximum absolute atomic E-state index is 12.9. The Morgan fingerprint density at radius 2 is 1.83 bits per heavy atom. The number of likely N-dealkylation sites (tertiary alicyclic amines) is 1. The second-order valence-corrected chi connectivity index (χ2v) is 6.87. The van der Waals surface area contributed by atoms with Gasteiger partial charge < -0.3 is 19.5 Å². The molecule has 2 aromatic carbocycles. The minimum absolute atomic E-state index is 0.0865. The van der Waals surface area contributed by atoms with Crippen LogP contribution in [0, 0.1) is 0 Å². The van der Waals surface area contributed by atoms with Gasteiger partial charge in [-0.1, -0.05) is 43.0 Å². The van der Waals surface area contributed by atoms with Crippen molar-refractivity contribution in [1.82, 2.24) is 4.90 Å². The molecule has 1 saturated heterocycles. The summed E-state index contributed by atoms with van der Waals surface area (Å²) in [6.45, 7) is 4.79. The summed E-state index contributed by atoms with van der Waals surface area (Å²) in [5.41, 5.74) is 1.29. The maximum atomic E-state index is 12.9. The summed E-state index contributed by atoms with van der Waals surface area (Å²) < 4.78 is 10.5. The minimum atomic E-state index is -0.689. The van der Waals surface area contributed by atoms with Gasteiger partial charge in [-0.2, -0.15) is 0 Å². The molecule has 0 bridgehead atoms. The van der Waals surface area contributed by atoms with Crippen LogP contribution >= 0.6 is 0 Å². The van der Waals surface area contributed by atoms with Crippen molar-refractivity contribution in [3.8, 4) is 5.75 Å². The van der Waals surface area contributed by atoms with Crippen molar-refractivity contribution in [1.29, 1.82) is 0 Å². The highest BCUT2D eigenvalue weighted by atomic mass is 16.5. The third-order valence-electron chi connectivity index (χ3n) is 4.90. The predicted octanol–water partition coefficient (Wildman–Crippen LogP) is 3.71. The van der Waals surface area contributed by atoms with Crippen LogP contribution in [0.25, 0.3) is 5.76 Å². The van der Waals surface area contributed by atoms with E-state index in [1.54, 1.807) is 37.5 Å². The molecule has 1 amide bonds. The number of benzene rings is 2. The first kappa shape index (κ1) is 21.3. The van der Waals surface area contributed by atoms with Crippen LogP contribution < -0.4 is 4.74 Å². The molecule has 0 radical (unpaired) electrons. The van der Waals surface area contributed by atoms with Gasteiger partial charge in [-0.05, 0) is 36.2 Å². The Morgan fingerprint density at radius 1 is 1.13 bits per heavy atom. The molecule has 1 aliphatic heterocycles. The number of rotatable bonds is 9. The number of carbonyl (C=O) groups excluding carboxylic acids is 2. The number of aliphatic hydroxyl groups excluding tert-OH is 1. The molecule has 0 aromatic heterocycles. The summed E-state index contributed by atoms with van der Waals surface area (Å²) in [5, 5.41) is 11.0. The van der Waals surface area contributed by atoms with Gasteiger partial charge in [-0.3, -0.25) is 9.59 Å². The van der Waals surface area contributed by atoms with E-state index < -0.39 is 17.7 Å². The largest absolute Gasteiger partial charge is 0.507 e. The average molecular weight is 407 g/mol. The van der Waals surface area contributed by atoms with Crippen LogP contribution in [0.1, 0.15) is 23.6 Å². The number of aliphatic hydroxyl groups is 1. The number of hydrogen-bond acceptors (Lipinski definition) is 5. The molecule has 156 valence electrons. The first-order valence-electron chi connectivity index (χ1n) is 9.75. The number of methoxy groups -OCH3 is 1. The lowest BCUT2D eigenvalue weighted by Crippen LogP contribution is -2.31. The van der Waals surface area contributed by atoms with Gasteiger partial charge in [-0.15, -0.1) is 0 Å². The van der Waals surface area contributed by atoms with Crippen LogP contribution in [0.2, 0.25) is 0 Å². The highest BCUT2D eigenvalue weighted by Gasteiger charge is 2.45. The summed E-state index contributed by atoms with van der Waals surface area (Å²) in [4.78, 5) is 27.1. The van der Waals surface area contributed by atoms with E-state index in [2.05, 4.69) is 6.58 Å². The Morgan fingerprint density at radius 3 is 2.47 bits per heavy atom. The summed E-state index contributed by atoms with van der Waals surface area (Å²) in [7, 11) is 1.59. The van der Waals surface area contributed by atoms with E-state index >= 15 is 0 Å². The number of nitrogens with zero attached hydrogens (tertiary/aromatic N) is 1. The second-order valence-electron chi connectivity index (χ2n) is 6.87. The topological polar surface area (TPSA) is 76.1 Å². The van der Waals surface area contributed by atoms with Crippen LogP contribution in [-0.4, -0.2) is 48.6 Å². The molecular formula is C24H25NO5. The Kier molecular flexibility index (Phi) is 7.03. The number of ketones is 1. The van der Waals surface area contributed by atoms with Gasteiger partial charge in [0, 0.05) is 25.8 Å². The molecular weight excluding hydrogens is 382 g/mol. The minimum Gasteiger partial charge on any atom is -0.507 e. The van der Waals surface area contributed by atoms with Crippen molar-refractivity contribution in [2.75, 3.05) is 26.9 Å². The van der Waals surface area contributed by atoms with E-state index in [0.29, 0.717) is 37.5 Å². The predicted molar refractivity (Wildman–Crippen MR) is 114 cm³/mol. The number of ether oxygens (including phenoxy) is 2. The number of Topliss-reactive ketones (excluding diaryl/α,β-unsaturated/α-hetero) is 1. The summed E-state index contributed by atoms with van der Waals surface area (Å²) in [6.07, 6.45) is 2.22. The molecule has 0 saturated carbocycles. The van der Waals surface area contributed by atoms with Crippen molar-refractivity contribution < 1.29 is 24.2 Å². The number of amides is 1. The van der Waals surface area contributed by atoms with Crippen LogP contribution in [0.15, 0.2) is 72.8 Å². The molecule has 1 fully saturated rings. The molecule has 1 atom stereocenters. The van der Waals surface area contributed by atoms with Gasteiger partial charge in [0.2, 0.25) is 0 Å². The molecule has 2 aromatic rings. The van der Waals surface area contributed by atoms with E-state index in [-0.39, 0.29) is 11.3 Å². The summed E-state index contributed by atoms with van der Waals surface area (Å²) >= 11 is 0. The van der Waals surface area contributed by atoms with Gasteiger partial charge in [0.1, 0.15) is 18.1 Å². The average Bonchev–Trinajstić information content (AvgIpc) is 3.03. The van der Waals surface area contributed by atoms with Crippen LogP contribution in [-0.2, 0) is 14.3 Å². The van der Waals surface area contributed by atoms with E-state index in [9.17, 15) is 14.7 Å². The Balaban J connectivity index is 2.01. The first-order valence-corrected chi connectivity index (χ1v) is 9.75. The van der Waals surface area contributed by atoms with Crippen LogP contribution in [0.3, 0.4) is 0 Å². The van der Waals surface area contributed by atoms with Crippen molar-refractivity contribution in [2.45, 2.75) is 12.5 Å². The fourth-order valence-corrected chi connectivity index (χ4v) is 3.49. The van der Waals surface area contributed by atoms with E-state index in [0.717, 1.165) is 5.56 Å². The van der Waals surface area contributed by atoms with Gasteiger partial charge in [0.05, 0.1) is 11.6 Å². The Bertz CT molecular complexity index is 934. The fraction of sp³-hybridized carbons (Fsp3) is 0.250. The van der Waals surface area contributed by atoms with Gasteiger partial charge in [0.15, 0.2) is 0 Å². The third kappa shape index (κ3) is 4.44. The smallest absolute Gasteiger partial charge is 0.295 e. The van der Waals surface area contributed by atoms with Gasteiger partial charge in [-0.25, -0.2) is 0 Å². The van der Waals surface area contributed by atoms with Crippen molar-refractivity contribution in [3.05, 3.63) is 84.0 Å². The molecule has 6 heteroatoms. The van der Waals surface area contributed by atoms with E-state index in [4.69, 9.17) is 9.47 Å². The number of carbonyl (C=O) groups is 2. The molecule has 1 heterocycles. The Labute approximate surface area is 176 Å². The van der Waals surface area contributed by atoms with Crippen molar-refractivity contribution >= 4 is 17.4 Å². The highest BCUT2D eigenvalue weighted by molar-refractivity contribution is 6.46. The first-order chi connectivity index (χ1) is 14.6. The zero-order chi connectivity index (χ0) is 21.5. The standard InChI is InChI=1S/C24H25NO5/c1-3-15-30-19-12-10-18(11-13-19)22(26)20-21(17-8-5-4-6-9-17)25(14-7-16-29-2)24(28)23(20)27/h3-6,8-13,21,26H,1,7,14-16H2,2H3/t21-/m0/s1. The lowest BCUT2D eigenvalue weighted by atomic mass is 9.95. The molecule has 0 aliphatic carbocycles. The normalized spacial score (nSPS) is 17.9. The van der Waals surface area contributed by atoms with Crippen molar-refractivity contribution in [3.63, 3.8) is 0 Å². The SMILES string of the molecule is C=CCOc1ccc(C(O)=C2C(=O)C(=O)N(CCCOC)[C@H]2c2ccccc2)cc1. The molecule has 1 aliphatic rings. The van der Waals surface area contributed by atoms with Crippen LogP contribution in [0.4, 0.5) is 0 Å². The molecule has 6 nitrogen and oxygen atoms in total. The highest BCUT2D eigenvalue weighted by Crippen LogP contribution is 2.39. The fourth-order valence-electron chi connectivity index (χ4n) is 3.49. The monoisotopic (exact) mass is 407 g/mol. The maximum Gasteiger partial charge on any atom is 0.295 e. The zero-order valence-electron chi connectivity index (χ0n) is 16.9. The molecule has 1 N–H and O–H groups in total. The second kappa shape index (κ2) is 9.89. The van der Waals surface area contributed by atoms with Crippen LogP contribution in [0.5, 0.6) is 5.75 Å². The molecule has 30 heavy (non-hydrogen) atoms. The zero-order valence-corrected chi connectivity index (χ0v) is 16.9. The lowest BCUT2D eigenvalue weighted by Gasteiger charge is -2.25. The molecule has 0 spiro atoms. The molecule has 3 rings (SSSR count).